The lowest BCUT2D eigenvalue weighted by Gasteiger charge is -2.29. The van der Waals surface area contributed by atoms with Crippen LogP contribution in [-0.2, 0) is 22.6 Å². The summed E-state index contributed by atoms with van der Waals surface area (Å²) in [5, 5.41) is 8.87. The second-order valence-corrected chi connectivity index (χ2v) is 9.35. The van der Waals surface area contributed by atoms with Gasteiger partial charge in [0.2, 0.25) is 11.8 Å². The molecule has 8 heteroatoms. The van der Waals surface area contributed by atoms with E-state index in [1.165, 1.54) is 5.69 Å². The molecule has 1 aromatic carbocycles. The normalized spacial score (nSPS) is 21.6. The molecular formula is C25H36N6O2. The molecule has 2 aliphatic heterocycles. The van der Waals surface area contributed by atoms with Crippen molar-refractivity contribution in [2.45, 2.75) is 70.5 Å². The fraction of sp³-hybridized carbons (Fsp3) is 0.560. The molecule has 5 N–H and O–H groups in total. The molecule has 2 aliphatic rings. The average Bonchev–Trinajstić information content (AvgIpc) is 3.38. The van der Waals surface area contributed by atoms with Crippen LogP contribution in [0.5, 0.6) is 0 Å². The van der Waals surface area contributed by atoms with Gasteiger partial charge in [-0.05, 0) is 69.4 Å². The molecule has 1 aromatic heterocycles. The first kappa shape index (κ1) is 23.3. The number of benzene rings is 1. The van der Waals surface area contributed by atoms with Gasteiger partial charge in [0.1, 0.15) is 5.84 Å². The highest BCUT2D eigenvalue weighted by Gasteiger charge is 2.32. The van der Waals surface area contributed by atoms with E-state index in [0.717, 1.165) is 68.1 Å². The zero-order chi connectivity index (χ0) is 23.5. The van der Waals surface area contributed by atoms with Crippen molar-refractivity contribution < 1.29 is 9.59 Å². The van der Waals surface area contributed by atoms with Crippen LogP contribution in [0, 0.1) is 5.41 Å². The van der Waals surface area contributed by atoms with E-state index in [0.29, 0.717) is 13.0 Å². The average molecular weight is 453 g/mol. The molecule has 2 aromatic rings. The lowest BCUT2D eigenvalue weighted by Crippen LogP contribution is -2.48. The summed E-state index contributed by atoms with van der Waals surface area (Å²) in [4.78, 5) is 29.3. The van der Waals surface area contributed by atoms with E-state index in [2.05, 4.69) is 17.6 Å². The van der Waals surface area contributed by atoms with E-state index in [-0.39, 0.29) is 30.2 Å². The zero-order valence-electron chi connectivity index (χ0n) is 19.6. The largest absolute Gasteiger partial charge is 0.384 e. The van der Waals surface area contributed by atoms with Crippen molar-refractivity contribution in [1.82, 2.24) is 14.4 Å². The van der Waals surface area contributed by atoms with Gasteiger partial charge in [-0.25, -0.2) is 0 Å². The Bertz CT molecular complexity index is 1040. The first-order chi connectivity index (χ1) is 15.9. The van der Waals surface area contributed by atoms with Gasteiger partial charge in [-0.2, -0.15) is 0 Å². The summed E-state index contributed by atoms with van der Waals surface area (Å²) in [6, 6.07) is 7.83. The van der Waals surface area contributed by atoms with Gasteiger partial charge in [0.15, 0.2) is 0 Å². The molecule has 0 bridgehead atoms. The highest BCUT2D eigenvalue weighted by Crippen LogP contribution is 2.26. The summed E-state index contributed by atoms with van der Waals surface area (Å²) in [5.74, 6) is 0.0299. The number of amidine groups is 1. The number of aromatic nitrogens is 1. The Morgan fingerprint density at radius 2 is 1.97 bits per heavy atom. The van der Waals surface area contributed by atoms with Crippen molar-refractivity contribution in [3.8, 4) is 0 Å². The maximum atomic E-state index is 13.1. The minimum absolute atomic E-state index is 0.0436. The standard InChI is InChI=1S/C25H36N6O2/c1-2-30-20(14-17-8-9-18(24(27)28)15-22(17)30)11-10-19-6-5-13-31(19)23(32)16-29-12-4-3-7-21(26)25(29)33/h8-9,14-15,19,21H,2-7,10-13,16,26H2,1H3,(H3,27,28)/t19-,21-/m0/s1. The van der Waals surface area contributed by atoms with Crippen molar-refractivity contribution in [1.29, 1.82) is 5.41 Å². The smallest absolute Gasteiger partial charge is 0.242 e. The Morgan fingerprint density at radius 1 is 1.15 bits per heavy atom. The number of rotatable bonds is 7. The second-order valence-electron chi connectivity index (χ2n) is 9.35. The van der Waals surface area contributed by atoms with E-state index in [1.54, 1.807) is 4.90 Å². The Hall–Kier alpha value is -2.87. The number of nitrogens with zero attached hydrogens (tertiary/aromatic N) is 3. The van der Waals surface area contributed by atoms with Crippen LogP contribution < -0.4 is 11.5 Å². The molecule has 0 spiro atoms. The minimum Gasteiger partial charge on any atom is -0.384 e. The summed E-state index contributed by atoms with van der Waals surface area (Å²) in [5.41, 5.74) is 14.7. The van der Waals surface area contributed by atoms with E-state index >= 15 is 0 Å². The van der Waals surface area contributed by atoms with Crippen molar-refractivity contribution in [2.75, 3.05) is 19.6 Å². The van der Waals surface area contributed by atoms with Crippen LogP contribution >= 0.6 is 0 Å². The monoisotopic (exact) mass is 452 g/mol. The molecule has 2 atom stereocenters. The van der Waals surface area contributed by atoms with Gasteiger partial charge < -0.3 is 25.8 Å². The molecule has 0 radical (unpaired) electrons. The number of amides is 2. The number of aryl methyl sites for hydroxylation is 2. The van der Waals surface area contributed by atoms with E-state index in [9.17, 15) is 9.59 Å². The molecule has 0 saturated carbocycles. The van der Waals surface area contributed by atoms with Crippen LogP contribution in [0.3, 0.4) is 0 Å². The first-order valence-corrected chi connectivity index (χ1v) is 12.2. The summed E-state index contributed by atoms with van der Waals surface area (Å²) in [6.07, 6.45) is 6.32. The Labute approximate surface area is 195 Å². The van der Waals surface area contributed by atoms with Crippen molar-refractivity contribution in [3.63, 3.8) is 0 Å². The van der Waals surface area contributed by atoms with E-state index < -0.39 is 6.04 Å². The van der Waals surface area contributed by atoms with Crippen LogP contribution in [0.2, 0.25) is 0 Å². The predicted octanol–water partition coefficient (Wildman–Crippen LogP) is 2.21. The number of hydrogen-bond acceptors (Lipinski definition) is 4. The molecule has 33 heavy (non-hydrogen) atoms. The number of likely N-dealkylation sites (tertiary alicyclic amines) is 2. The van der Waals surface area contributed by atoms with Gasteiger partial charge in [-0.3, -0.25) is 15.0 Å². The molecule has 8 nitrogen and oxygen atoms in total. The number of carbonyl (C=O) groups is 2. The third-order valence-electron chi connectivity index (χ3n) is 7.20. The quantitative estimate of drug-likeness (QED) is 0.440. The van der Waals surface area contributed by atoms with Gasteiger partial charge in [-0.1, -0.05) is 12.1 Å². The van der Waals surface area contributed by atoms with Crippen molar-refractivity contribution in [2.24, 2.45) is 11.5 Å². The van der Waals surface area contributed by atoms with Gasteiger partial charge in [0, 0.05) is 42.5 Å². The van der Waals surface area contributed by atoms with E-state index in [4.69, 9.17) is 16.9 Å². The molecule has 2 saturated heterocycles. The number of nitrogen functional groups attached to an aromatic ring is 1. The molecule has 0 aliphatic carbocycles. The summed E-state index contributed by atoms with van der Waals surface area (Å²) < 4.78 is 2.28. The lowest BCUT2D eigenvalue weighted by atomic mass is 10.1. The molecule has 2 amide bonds. The fourth-order valence-corrected chi connectivity index (χ4v) is 5.38. The van der Waals surface area contributed by atoms with Gasteiger partial charge in [0.05, 0.1) is 12.6 Å². The van der Waals surface area contributed by atoms with Crippen LogP contribution in [0.1, 0.15) is 56.7 Å². The number of fused-ring (bicyclic) bond motifs is 1. The molecule has 4 rings (SSSR count). The van der Waals surface area contributed by atoms with Crippen molar-refractivity contribution in [3.05, 3.63) is 35.5 Å². The highest BCUT2D eigenvalue weighted by molar-refractivity contribution is 5.98. The third-order valence-corrected chi connectivity index (χ3v) is 7.20. The van der Waals surface area contributed by atoms with Crippen LogP contribution in [0.15, 0.2) is 24.3 Å². The number of nitrogens with two attached hydrogens (primary N) is 2. The Balaban J connectivity index is 1.43. The van der Waals surface area contributed by atoms with Gasteiger partial charge in [-0.15, -0.1) is 0 Å². The van der Waals surface area contributed by atoms with Gasteiger partial charge >= 0.3 is 0 Å². The van der Waals surface area contributed by atoms with Crippen LogP contribution in [-0.4, -0.2) is 63.7 Å². The maximum Gasteiger partial charge on any atom is 0.242 e. The molecular weight excluding hydrogens is 416 g/mol. The molecule has 0 unspecified atom stereocenters. The highest BCUT2D eigenvalue weighted by atomic mass is 16.2. The molecule has 178 valence electrons. The lowest BCUT2D eigenvalue weighted by molar-refractivity contribution is -0.141. The van der Waals surface area contributed by atoms with Crippen LogP contribution in [0.4, 0.5) is 0 Å². The number of nitrogens with one attached hydrogen (secondary N) is 1. The summed E-state index contributed by atoms with van der Waals surface area (Å²) >= 11 is 0. The summed E-state index contributed by atoms with van der Waals surface area (Å²) in [6.45, 7) is 4.49. The number of hydrogen-bond donors (Lipinski definition) is 3. The Morgan fingerprint density at radius 3 is 2.73 bits per heavy atom. The molecule has 2 fully saturated rings. The first-order valence-electron chi connectivity index (χ1n) is 12.2. The predicted molar refractivity (Wildman–Crippen MR) is 130 cm³/mol. The number of carbonyl (C=O) groups excluding carboxylic acids is 2. The third kappa shape index (κ3) is 4.90. The van der Waals surface area contributed by atoms with E-state index in [1.807, 2.05) is 23.1 Å². The van der Waals surface area contributed by atoms with Crippen molar-refractivity contribution >= 4 is 28.6 Å². The Kier molecular flexibility index (Phi) is 7.02. The minimum atomic E-state index is -0.478. The maximum absolute atomic E-state index is 13.1. The zero-order valence-corrected chi connectivity index (χ0v) is 19.6. The SMILES string of the molecule is CCn1c(CC[C@@H]2CCCN2C(=O)CN2CCCC[C@H](N)C2=O)cc2ccc(C(=N)N)cc21. The molecule has 3 heterocycles. The van der Waals surface area contributed by atoms with Gasteiger partial charge in [0.25, 0.3) is 0 Å². The summed E-state index contributed by atoms with van der Waals surface area (Å²) in [7, 11) is 0. The fourth-order valence-electron chi connectivity index (χ4n) is 5.38. The second kappa shape index (κ2) is 9.95. The van der Waals surface area contributed by atoms with Crippen LogP contribution in [0.25, 0.3) is 10.9 Å². The topological polar surface area (TPSA) is 121 Å².